The number of amides is 1. The number of anilines is 1. The Morgan fingerprint density at radius 2 is 2.24 bits per heavy atom. The summed E-state index contributed by atoms with van der Waals surface area (Å²) in [5, 5.41) is 3.37. The molecule has 0 aliphatic heterocycles. The number of rotatable bonds is 3. The molecule has 1 amide bonds. The Balaban J connectivity index is 2.15. The van der Waals surface area contributed by atoms with Crippen molar-refractivity contribution in [1.82, 2.24) is 4.98 Å². The first-order valence-corrected chi connectivity index (χ1v) is 7.29. The van der Waals surface area contributed by atoms with Crippen molar-refractivity contribution in [2.24, 2.45) is 11.1 Å². The fraction of sp³-hybridized carbons (Fsp3) is 0.500. The van der Waals surface area contributed by atoms with Gasteiger partial charge in [0.15, 0.2) is 5.13 Å². The largest absolute Gasteiger partial charge is 0.392 e. The Labute approximate surface area is 117 Å². The molecule has 1 aromatic heterocycles. The smallest absolute Gasteiger partial charge is 0.239 e. The Bertz CT molecular complexity index is 454. The van der Waals surface area contributed by atoms with E-state index in [2.05, 4.69) is 26.2 Å². The van der Waals surface area contributed by atoms with Crippen molar-refractivity contribution < 1.29 is 4.79 Å². The zero-order valence-corrected chi connectivity index (χ0v) is 12.3. The molecule has 0 saturated heterocycles. The first-order valence-electron chi connectivity index (χ1n) is 5.27. The van der Waals surface area contributed by atoms with Gasteiger partial charge in [-0.25, -0.2) is 4.98 Å². The number of thiocarbonyl (C=S) groups is 1. The van der Waals surface area contributed by atoms with Gasteiger partial charge in [0.25, 0.3) is 0 Å². The highest BCUT2D eigenvalue weighted by molar-refractivity contribution is 9.11. The minimum atomic E-state index is -0.673. The number of carbonyl (C=O) groups is 1. The number of nitrogens with zero attached hydrogens (tertiary/aromatic N) is 1. The summed E-state index contributed by atoms with van der Waals surface area (Å²) in [6, 6.07) is 0. The van der Waals surface area contributed by atoms with Crippen LogP contribution in [-0.2, 0) is 4.79 Å². The van der Waals surface area contributed by atoms with Gasteiger partial charge in [0, 0.05) is 0 Å². The van der Waals surface area contributed by atoms with Gasteiger partial charge in [0.05, 0.1) is 20.4 Å². The molecule has 3 N–H and O–H groups in total. The predicted molar refractivity (Wildman–Crippen MR) is 76.1 cm³/mol. The summed E-state index contributed by atoms with van der Waals surface area (Å²) in [7, 11) is 0. The fourth-order valence-electron chi connectivity index (χ4n) is 2.09. The van der Waals surface area contributed by atoms with E-state index in [0.29, 0.717) is 10.1 Å². The van der Waals surface area contributed by atoms with Crippen molar-refractivity contribution >= 4 is 55.5 Å². The Morgan fingerprint density at radius 1 is 1.59 bits per heavy atom. The molecule has 0 bridgehead atoms. The van der Waals surface area contributed by atoms with Gasteiger partial charge in [-0.1, -0.05) is 36.4 Å². The fourth-order valence-corrected chi connectivity index (χ4v) is 3.49. The number of hydrogen-bond donors (Lipinski definition) is 2. The number of nitrogens with two attached hydrogens (primary N) is 1. The topological polar surface area (TPSA) is 68.0 Å². The second-order valence-corrected chi connectivity index (χ2v) is 6.93. The monoisotopic (exact) mass is 333 g/mol. The van der Waals surface area contributed by atoms with Crippen LogP contribution >= 0.6 is 39.5 Å². The molecule has 1 aliphatic carbocycles. The van der Waals surface area contributed by atoms with Crippen LogP contribution in [0.5, 0.6) is 0 Å². The van der Waals surface area contributed by atoms with Gasteiger partial charge in [-0.2, -0.15) is 0 Å². The van der Waals surface area contributed by atoms with Crippen molar-refractivity contribution in [3.05, 3.63) is 9.98 Å². The minimum absolute atomic E-state index is 0.121. The van der Waals surface area contributed by atoms with Crippen molar-refractivity contribution in [3.63, 3.8) is 0 Å². The summed E-state index contributed by atoms with van der Waals surface area (Å²) >= 11 is 9.73. The van der Waals surface area contributed by atoms with E-state index in [9.17, 15) is 4.79 Å². The van der Waals surface area contributed by atoms with Crippen molar-refractivity contribution in [1.29, 1.82) is 0 Å². The number of hydrogen-bond acceptors (Lipinski definition) is 4. The normalized spacial score (nSPS) is 17.9. The van der Waals surface area contributed by atoms with E-state index in [4.69, 9.17) is 18.0 Å². The third-order valence-electron chi connectivity index (χ3n) is 3.06. The summed E-state index contributed by atoms with van der Waals surface area (Å²) in [6.07, 6.45) is 5.11. The molecule has 1 fully saturated rings. The molecule has 92 valence electrons. The molecule has 2 rings (SSSR count). The van der Waals surface area contributed by atoms with E-state index >= 15 is 0 Å². The highest BCUT2D eigenvalue weighted by atomic mass is 79.9. The molecule has 1 heterocycles. The average molecular weight is 334 g/mol. The molecule has 0 atom stereocenters. The third kappa shape index (κ3) is 2.51. The van der Waals surface area contributed by atoms with Crippen molar-refractivity contribution in [3.8, 4) is 0 Å². The maximum atomic E-state index is 12.3. The molecule has 0 unspecified atom stereocenters. The van der Waals surface area contributed by atoms with Gasteiger partial charge in [-0.3, -0.25) is 4.79 Å². The molecule has 0 aromatic carbocycles. The van der Waals surface area contributed by atoms with Crippen molar-refractivity contribution in [2.45, 2.75) is 25.7 Å². The van der Waals surface area contributed by atoms with Crippen LogP contribution in [0.2, 0.25) is 0 Å². The van der Waals surface area contributed by atoms with Gasteiger partial charge in [-0.05, 0) is 28.8 Å². The van der Waals surface area contributed by atoms with Crippen LogP contribution in [0.3, 0.4) is 0 Å². The molecule has 7 heteroatoms. The first-order chi connectivity index (χ1) is 8.04. The maximum Gasteiger partial charge on any atom is 0.239 e. The zero-order chi connectivity index (χ0) is 12.5. The van der Waals surface area contributed by atoms with Crippen LogP contribution in [0.15, 0.2) is 9.98 Å². The lowest BCUT2D eigenvalue weighted by atomic mass is 9.85. The molecule has 1 aliphatic rings. The summed E-state index contributed by atoms with van der Waals surface area (Å²) in [4.78, 5) is 16.6. The van der Waals surface area contributed by atoms with Crippen LogP contribution < -0.4 is 11.1 Å². The lowest BCUT2D eigenvalue weighted by Gasteiger charge is -2.25. The lowest BCUT2D eigenvalue weighted by Crippen LogP contribution is -2.43. The predicted octanol–water partition coefficient (Wildman–Crippen LogP) is 2.69. The average Bonchev–Trinajstić information content (AvgIpc) is 2.87. The highest BCUT2D eigenvalue weighted by Gasteiger charge is 2.44. The van der Waals surface area contributed by atoms with E-state index in [-0.39, 0.29) is 5.91 Å². The summed E-state index contributed by atoms with van der Waals surface area (Å²) in [6.45, 7) is 0. The number of nitrogens with one attached hydrogen (secondary N) is 1. The van der Waals surface area contributed by atoms with E-state index in [1.54, 1.807) is 6.20 Å². The molecule has 4 nitrogen and oxygen atoms in total. The third-order valence-corrected chi connectivity index (χ3v) is 4.84. The van der Waals surface area contributed by atoms with Crippen LogP contribution in [0.25, 0.3) is 0 Å². The molecule has 1 saturated carbocycles. The molecule has 0 radical (unpaired) electrons. The number of carbonyl (C=O) groups excluding carboxylic acids is 1. The van der Waals surface area contributed by atoms with E-state index in [1.165, 1.54) is 11.3 Å². The Kier molecular flexibility index (Phi) is 3.79. The highest BCUT2D eigenvalue weighted by Crippen LogP contribution is 2.39. The molecule has 1 aromatic rings. The van der Waals surface area contributed by atoms with Gasteiger partial charge in [0.2, 0.25) is 5.91 Å². The summed E-state index contributed by atoms with van der Waals surface area (Å²) in [5.41, 5.74) is 5.06. The van der Waals surface area contributed by atoms with E-state index < -0.39 is 5.41 Å². The second-order valence-electron chi connectivity index (χ2n) is 4.08. The zero-order valence-electron chi connectivity index (χ0n) is 9.03. The standard InChI is InChI=1S/C10H12BrN3OS2/c11-6-5-13-9(17-6)14-8(15)10(7(12)16)3-1-2-4-10/h5H,1-4H2,(H2,12,16)(H,13,14,15). The van der Waals surface area contributed by atoms with Crippen LogP contribution in [0.4, 0.5) is 5.13 Å². The van der Waals surface area contributed by atoms with Gasteiger partial charge in [0.1, 0.15) is 0 Å². The lowest BCUT2D eigenvalue weighted by molar-refractivity contribution is -0.122. The minimum Gasteiger partial charge on any atom is -0.392 e. The number of thiazole rings is 1. The summed E-state index contributed by atoms with van der Waals surface area (Å²) in [5.74, 6) is -0.121. The summed E-state index contributed by atoms with van der Waals surface area (Å²) < 4.78 is 0.878. The van der Waals surface area contributed by atoms with E-state index in [1.807, 2.05) is 0 Å². The SMILES string of the molecule is NC(=S)C1(C(=O)Nc2ncc(Br)s2)CCCC1. The van der Waals surface area contributed by atoms with Gasteiger partial charge in [-0.15, -0.1) is 0 Å². The van der Waals surface area contributed by atoms with Gasteiger partial charge >= 0.3 is 0 Å². The molecular formula is C10H12BrN3OS2. The van der Waals surface area contributed by atoms with Gasteiger partial charge < -0.3 is 11.1 Å². The van der Waals surface area contributed by atoms with Crippen LogP contribution in [0.1, 0.15) is 25.7 Å². The first kappa shape index (κ1) is 12.9. The quantitative estimate of drug-likeness (QED) is 0.834. The van der Waals surface area contributed by atoms with Crippen LogP contribution in [0, 0.1) is 5.41 Å². The number of halogens is 1. The second kappa shape index (κ2) is 4.99. The molecular weight excluding hydrogens is 322 g/mol. The Morgan fingerprint density at radius 3 is 2.71 bits per heavy atom. The molecule has 0 spiro atoms. The van der Waals surface area contributed by atoms with E-state index in [0.717, 1.165) is 29.5 Å². The van der Waals surface area contributed by atoms with Crippen LogP contribution in [-0.4, -0.2) is 15.9 Å². The van der Waals surface area contributed by atoms with Crippen molar-refractivity contribution in [2.75, 3.05) is 5.32 Å². The Hall–Kier alpha value is -0.530. The maximum absolute atomic E-state index is 12.3. The molecule has 17 heavy (non-hydrogen) atoms. The number of aromatic nitrogens is 1.